The van der Waals surface area contributed by atoms with E-state index in [4.69, 9.17) is 0 Å². The second kappa shape index (κ2) is 30.9. The summed E-state index contributed by atoms with van der Waals surface area (Å²) in [7, 11) is 0. The molecular formula is C94H103BrN4O8. The number of hydrogen-bond donors (Lipinski definition) is 0. The minimum absolute atomic E-state index is 0.245. The summed E-state index contributed by atoms with van der Waals surface area (Å²) in [5.41, 5.74) is -2.92. The number of halogens is 1. The van der Waals surface area contributed by atoms with Crippen molar-refractivity contribution >= 4 is 178 Å². The van der Waals surface area contributed by atoms with E-state index in [0.29, 0.717) is 138 Å². The van der Waals surface area contributed by atoms with Crippen molar-refractivity contribution in [3.63, 3.8) is 0 Å². The zero-order valence-electron chi connectivity index (χ0n) is 63.6. The van der Waals surface area contributed by atoms with Crippen LogP contribution in [-0.4, -0.2) is 18.3 Å². The molecule has 554 valence electrons. The molecule has 4 aromatic heterocycles. The predicted octanol–water partition coefficient (Wildman–Crippen LogP) is 23.5. The van der Waals surface area contributed by atoms with Gasteiger partial charge in [-0.3, -0.25) is 56.6 Å². The van der Waals surface area contributed by atoms with E-state index in [1.54, 1.807) is 0 Å². The van der Waals surface area contributed by atoms with Gasteiger partial charge in [-0.05, 0) is 160 Å². The number of hydrogen-bond acceptors (Lipinski definition) is 8. The monoisotopic (exact) mass is 1490 g/mol. The van der Waals surface area contributed by atoms with Gasteiger partial charge in [-0.15, -0.1) is 0 Å². The Morgan fingerprint density at radius 3 is 0.654 bits per heavy atom. The minimum atomic E-state index is -0.390. The Balaban J connectivity index is 1.01. The zero-order valence-corrected chi connectivity index (χ0v) is 65.2. The van der Waals surface area contributed by atoms with Crippen molar-refractivity contribution in [2.24, 2.45) is 0 Å². The number of benzene rings is 12. The second-order valence-corrected chi connectivity index (χ2v) is 33.1. The van der Waals surface area contributed by atoms with Gasteiger partial charge in [0, 0.05) is 106 Å². The Labute approximate surface area is 630 Å². The summed E-state index contributed by atoms with van der Waals surface area (Å²) in [4.78, 5) is 126. The molecule has 13 heteroatoms. The van der Waals surface area contributed by atoms with Crippen LogP contribution in [0.2, 0.25) is 0 Å². The molecule has 0 aliphatic heterocycles. The Morgan fingerprint density at radius 1 is 0.187 bits per heavy atom. The van der Waals surface area contributed by atoms with Crippen LogP contribution in [0.4, 0.5) is 0 Å². The molecule has 0 aliphatic carbocycles. The lowest BCUT2D eigenvalue weighted by Gasteiger charge is -2.27. The van der Waals surface area contributed by atoms with Gasteiger partial charge in [0.25, 0.3) is 44.5 Å². The van der Waals surface area contributed by atoms with Crippen molar-refractivity contribution in [3.8, 4) is 0 Å². The lowest BCUT2D eigenvalue weighted by atomic mass is 9.76. The summed E-state index contributed by atoms with van der Waals surface area (Å²) in [5, 5.41) is 18.5. The minimum Gasteiger partial charge on any atom is -0.274 e. The molecule has 0 spiro atoms. The number of pyridine rings is 4. The fourth-order valence-corrected chi connectivity index (χ4v) is 20.6. The van der Waals surface area contributed by atoms with Gasteiger partial charge in [0.05, 0.1) is 0 Å². The van der Waals surface area contributed by atoms with Gasteiger partial charge in [0.15, 0.2) is 0 Å². The molecule has 12 nitrogen and oxygen atoms in total. The third kappa shape index (κ3) is 12.2. The maximum atomic E-state index is 16.0. The summed E-state index contributed by atoms with van der Waals surface area (Å²) in [5.74, 6) is 0. The average molecular weight is 1500 g/mol. The van der Waals surface area contributed by atoms with Crippen LogP contribution >= 0.6 is 15.9 Å². The number of fused-ring (bicyclic) bond motifs is 7. The highest BCUT2D eigenvalue weighted by atomic mass is 79.9. The quantitative estimate of drug-likeness (QED) is 0.0209. The van der Waals surface area contributed by atoms with E-state index >= 15 is 38.4 Å². The van der Waals surface area contributed by atoms with Crippen LogP contribution in [0.25, 0.3) is 162 Å². The first-order valence-corrected chi connectivity index (χ1v) is 42.6. The topological polar surface area (TPSA) is 156 Å². The van der Waals surface area contributed by atoms with Gasteiger partial charge in [0.2, 0.25) is 0 Å². The van der Waals surface area contributed by atoms with Crippen LogP contribution < -0.4 is 44.5 Å². The van der Waals surface area contributed by atoms with Crippen LogP contribution in [-0.2, 0) is 26.2 Å². The number of aromatic nitrogens is 4. The van der Waals surface area contributed by atoms with E-state index in [-0.39, 0.29) is 70.7 Å². The van der Waals surface area contributed by atoms with Crippen LogP contribution in [0.3, 0.4) is 0 Å². The largest absolute Gasteiger partial charge is 0.274 e. The molecule has 0 unspecified atom stereocenters. The first-order chi connectivity index (χ1) is 52.4. The Kier molecular flexibility index (Phi) is 21.0. The fourth-order valence-electron chi connectivity index (χ4n) is 19.9. The van der Waals surface area contributed by atoms with Gasteiger partial charge in [-0.2, -0.15) is 0 Å². The van der Waals surface area contributed by atoms with E-state index < -0.39 is 0 Å². The Morgan fingerprint density at radius 2 is 0.374 bits per heavy atom. The molecule has 0 radical (unpaired) electrons. The Hall–Kier alpha value is -8.42. The second-order valence-electron chi connectivity index (χ2n) is 32.3. The normalized spacial score (nSPS) is 12.8. The molecule has 0 N–H and O–H groups in total. The molecule has 107 heavy (non-hydrogen) atoms. The summed E-state index contributed by atoms with van der Waals surface area (Å²) in [6.07, 6.45) is 38.7. The van der Waals surface area contributed by atoms with Gasteiger partial charge in [0.1, 0.15) is 0 Å². The maximum absolute atomic E-state index is 16.0. The van der Waals surface area contributed by atoms with Crippen LogP contribution in [0, 0.1) is 0 Å². The van der Waals surface area contributed by atoms with Crippen molar-refractivity contribution in [2.45, 2.75) is 285 Å². The summed E-state index contributed by atoms with van der Waals surface area (Å²) in [6.45, 7) is 9.92. The molecule has 0 aliphatic rings. The van der Waals surface area contributed by atoms with E-state index in [1.807, 2.05) is 66.7 Å². The van der Waals surface area contributed by atoms with Crippen molar-refractivity contribution in [3.05, 3.63) is 154 Å². The number of unbranched alkanes of at least 4 members (excludes halogenated alkanes) is 32. The Bertz CT molecular complexity index is 6510. The lowest BCUT2D eigenvalue weighted by molar-refractivity contribution is 0.530. The zero-order chi connectivity index (χ0) is 73.9. The number of rotatable bonds is 40. The van der Waals surface area contributed by atoms with Crippen molar-refractivity contribution in [2.75, 3.05) is 0 Å². The first kappa shape index (κ1) is 72.8. The fraction of sp³-hybridized carbons (Fsp3) is 0.468. The summed E-state index contributed by atoms with van der Waals surface area (Å²) in [6, 6.07) is 21.4. The molecule has 16 rings (SSSR count). The SMILES string of the molecule is CCCCCCCCCCCn1c(=O)c2ccc3c4ccc5c(=O)n(CCCCCCCCCCC)c(=O)c6cc7c8c9cc%10c(=O)n(CCCCCCCCCCC)c(=O)c%11cc(Br)c%12c%13ccc%14c(=O)n(CCCCCCCCCCC)c(=O)c%15cc(c8c8cc(c1=O)c2c3c8c7c4c56)c(c%13c%14%15)c9c%12c%11%10. The van der Waals surface area contributed by atoms with Crippen molar-refractivity contribution in [1.29, 1.82) is 0 Å². The third-order valence-corrected chi connectivity index (χ3v) is 26.0. The standard InChI is InChI=1S/C94H103BrN4O8/c1-5-9-13-17-21-25-29-33-37-47-96-87(100)59-44-41-56-57-42-45-60-73-67(91(104)97(88(60)101)48-38-34-30-26-22-18-14-10-6-2)52-63-76-65-54-69-77-70(94(107)99(93(69)106)50-40-36-32-28-24-20-16-12-8-4)55-71(95)78-58-43-46-61-74-68(92(105)98(89(61)102)49-39-35-31-27-23-19-15-11-7-3)53-64(84(81(58)74)85(65)86(77)78)75(76)62-51-66(90(96)103)72(59)79(56)82(62)83(63)80(57)73/h41-46,51-55H,5-40,47-50H2,1-4H3. The molecule has 12 aromatic carbocycles. The molecule has 0 atom stereocenters. The third-order valence-electron chi connectivity index (χ3n) is 25.3. The molecule has 0 amide bonds. The molecule has 0 saturated carbocycles. The van der Waals surface area contributed by atoms with E-state index in [2.05, 4.69) is 43.6 Å². The van der Waals surface area contributed by atoms with E-state index in [0.717, 1.165) is 157 Å². The molecule has 16 aromatic rings. The predicted molar refractivity (Wildman–Crippen MR) is 457 cm³/mol. The molecule has 0 fully saturated rings. The molecular weight excluding hydrogens is 1390 g/mol. The number of nitrogens with zero attached hydrogens (tertiary/aromatic N) is 4. The van der Waals surface area contributed by atoms with Gasteiger partial charge in [-0.1, -0.05) is 267 Å². The van der Waals surface area contributed by atoms with Crippen LogP contribution in [0.5, 0.6) is 0 Å². The first-order valence-electron chi connectivity index (χ1n) is 41.8. The molecule has 4 heterocycles. The summed E-state index contributed by atoms with van der Waals surface area (Å²) < 4.78 is 6.41. The van der Waals surface area contributed by atoms with Crippen LogP contribution in [0.1, 0.15) is 259 Å². The average Bonchev–Trinajstić information content (AvgIpc) is 0.652. The van der Waals surface area contributed by atoms with Gasteiger partial charge in [-0.25, -0.2) is 0 Å². The van der Waals surface area contributed by atoms with E-state index in [1.165, 1.54) is 121 Å². The lowest BCUT2D eigenvalue weighted by Crippen LogP contribution is -2.33. The highest BCUT2D eigenvalue weighted by molar-refractivity contribution is 9.10. The van der Waals surface area contributed by atoms with Gasteiger partial charge >= 0.3 is 0 Å². The highest BCUT2D eigenvalue weighted by Gasteiger charge is 2.34. The summed E-state index contributed by atoms with van der Waals surface area (Å²) >= 11 is 4.09. The smallest absolute Gasteiger partial charge is 0.261 e. The van der Waals surface area contributed by atoms with Crippen LogP contribution in [0.15, 0.2) is 110 Å². The molecule has 0 saturated heterocycles. The van der Waals surface area contributed by atoms with E-state index in [9.17, 15) is 0 Å². The molecule has 0 bridgehead atoms. The maximum Gasteiger partial charge on any atom is 0.261 e. The van der Waals surface area contributed by atoms with Gasteiger partial charge < -0.3 is 0 Å². The highest BCUT2D eigenvalue weighted by Crippen LogP contribution is 2.58. The van der Waals surface area contributed by atoms with Crippen molar-refractivity contribution in [1.82, 2.24) is 18.3 Å². The van der Waals surface area contributed by atoms with Crippen molar-refractivity contribution < 1.29 is 0 Å².